The molecular weight excluding hydrogens is 450 g/mol. The van der Waals surface area contributed by atoms with Crippen LogP contribution in [0.25, 0.3) is 0 Å². The van der Waals surface area contributed by atoms with Crippen molar-refractivity contribution in [3.05, 3.63) is 35.9 Å². The monoisotopic (exact) mass is 481 g/mol. The molecule has 0 aromatic heterocycles. The third-order valence-corrected chi connectivity index (χ3v) is 5.14. The van der Waals surface area contributed by atoms with Gasteiger partial charge < -0.3 is 32.5 Å². The van der Waals surface area contributed by atoms with Crippen molar-refractivity contribution in [1.29, 1.82) is 0 Å². The first-order valence-corrected chi connectivity index (χ1v) is 10.9. The van der Waals surface area contributed by atoms with Crippen molar-refractivity contribution in [1.82, 2.24) is 16.0 Å². The molecule has 33 heavy (non-hydrogen) atoms. The number of hydrogen-bond acceptors (Lipinski definition) is 7. The molecule has 4 unspecified atom stereocenters. The van der Waals surface area contributed by atoms with Crippen LogP contribution < -0.4 is 27.4 Å². The predicted octanol–water partition coefficient (Wildman–Crippen LogP) is -1.44. The van der Waals surface area contributed by atoms with E-state index in [-0.39, 0.29) is 18.1 Å². The number of aliphatic carboxylic acids is 1. The number of hydrogen-bond donors (Lipinski definition) is 7. The van der Waals surface area contributed by atoms with E-state index in [1.807, 2.05) is 0 Å². The second kappa shape index (κ2) is 13.4. The first-order valence-electron chi connectivity index (χ1n) is 10.3. The minimum absolute atomic E-state index is 0.0278. The minimum atomic E-state index is -1.37. The van der Waals surface area contributed by atoms with E-state index in [0.29, 0.717) is 5.56 Å². The average Bonchev–Trinajstić information content (AvgIpc) is 2.75. The molecule has 0 radical (unpaired) electrons. The maximum absolute atomic E-state index is 12.9. The van der Waals surface area contributed by atoms with Crippen LogP contribution in [0.15, 0.2) is 30.3 Å². The molecule has 0 spiro atoms. The van der Waals surface area contributed by atoms with Crippen LogP contribution in [0.4, 0.5) is 0 Å². The molecule has 1 rings (SSSR count). The number of carboxylic acid groups (broad SMARTS) is 1. The number of nitrogens with two attached hydrogens (primary N) is 2. The highest BCUT2D eigenvalue weighted by molar-refractivity contribution is 7.80. The van der Waals surface area contributed by atoms with Gasteiger partial charge in [0.25, 0.3) is 0 Å². The van der Waals surface area contributed by atoms with Crippen LogP contribution in [-0.4, -0.2) is 64.6 Å². The molecule has 4 atom stereocenters. The van der Waals surface area contributed by atoms with Gasteiger partial charge in [0.05, 0.1) is 12.5 Å². The summed E-state index contributed by atoms with van der Waals surface area (Å²) in [5.74, 6) is -4.79. The molecule has 1 aromatic rings. The third kappa shape index (κ3) is 9.49. The molecule has 11 nitrogen and oxygen atoms in total. The van der Waals surface area contributed by atoms with Gasteiger partial charge in [0.1, 0.15) is 18.1 Å². The molecule has 8 N–H and O–H groups in total. The van der Waals surface area contributed by atoms with Crippen molar-refractivity contribution >= 4 is 42.2 Å². The number of carbonyl (C=O) groups is 5. The number of benzene rings is 1. The van der Waals surface area contributed by atoms with Crippen LogP contribution in [-0.2, 0) is 30.4 Å². The van der Waals surface area contributed by atoms with Crippen LogP contribution in [0.2, 0.25) is 0 Å². The Kier molecular flexibility index (Phi) is 11.4. The molecule has 0 aliphatic heterocycles. The zero-order valence-corrected chi connectivity index (χ0v) is 19.4. The number of carbonyl (C=O) groups excluding carboxylic acids is 4. The molecule has 4 amide bonds. The fraction of sp³-hybridized carbons (Fsp3) is 0.476. The minimum Gasteiger partial charge on any atom is -0.480 e. The van der Waals surface area contributed by atoms with E-state index in [2.05, 4.69) is 28.6 Å². The van der Waals surface area contributed by atoms with Gasteiger partial charge in [-0.15, -0.1) is 0 Å². The van der Waals surface area contributed by atoms with Crippen molar-refractivity contribution in [2.45, 2.75) is 50.9 Å². The normalized spacial score (nSPS) is 14.5. The number of amides is 4. The molecule has 0 aliphatic carbocycles. The van der Waals surface area contributed by atoms with Gasteiger partial charge in [-0.25, -0.2) is 4.79 Å². The summed E-state index contributed by atoms with van der Waals surface area (Å²) in [6.45, 7) is 3.43. The summed E-state index contributed by atoms with van der Waals surface area (Å²) in [7, 11) is 0. The van der Waals surface area contributed by atoms with E-state index >= 15 is 0 Å². The van der Waals surface area contributed by atoms with E-state index in [0.717, 1.165) is 0 Å². The summed E-state index contributed by atoms with van der Waals surface area (Å²) in [6, 6.07) is 3.93. The van der Waals surface area contributed by atoms with Crippen LogP contribution in [0.5, 0.6) is 0 Å². The fourth-order valence-corrected chi connectivity index (χ4v) is 3.02. The largest absolute Gasteiger partial charge is 0.480 e. The van der Waals surface area contributed by atoms with Gasteiger partial charge in [-0.3, -0.25) is 19.2 Å². The Morgan fingerprint density at radius 2 is 1.42 bits per heavy atom. The molecule has 1 aromatic carbocycles. The van der Waals surface area contributed by atoms with Crippen LogP contribution >= 0.6 is 12.6 Å². The van der Waals surface area contributed by atoms with E-state index in [1.165, 1.54) is 0 Å². The third-order valence-electron chi connectivity index (χ3n) is 4.77. The molecule has 0 fully saturated rings. The van der Waals surface area contributed by atoms with Gasteiger partial charge >= 0.3 is 5.97 Å². The summed E-state index contributed by atoms with van der Waals surface area (Å²) in [5.41, 5.74) is 11.7. The van der Waals surface area contributed by atoms with Crippen molar-refractivity contribution in [2.75, 3.05) is 5.75 Å². The molecule has 0 saturated carbocycles. The van der Waals surface area contributed by atoms with Gasteiger partial charge in [-0.1, -0.05) is 44.2 Å². The highest BCUT2D eigenvalue weighted by Crippen LogP contribution is 2.06. The average molecular weight is 482 g/mol. The summed E-state index contributed by atoms with van der Waals surface area (Å²) in [5, 5.41) is 16.4. The van der Waals surface area contributed by atoms with E-state index < -0.39 is 60.2 Å². The Morgan fingerprint density at radius 3 is 1.91 bits per heavy atom. The highest BCUT2D eigenvalue weighted by Gasteiger charge is 2.31. The molecular formula is C21H31N5O6S. The standard InChI is InChI=1S/C21H31N5O6S/c1-11(2)17(23)20(30)25-14(9-16(22)27)19(29)24-13(8-12-6-4-3-5-7-12)18(28)26-15(10-33)21(31)32/h3-7,11,13-15,17,33H,8-10,23H2,1-2H3,(H2,22,27)(H,24,29)(H,25,30)(H,26,28)(H,31,32). The number of carboxylic acids is 1. The van der Waals surface area contributed by atoms with Crippen molar-refractivity contribution in [3.8, 4) is 0 Å². The number of rotatable bonds is 13. The molecule has 0 heterocycles. The van der Waals surface area contributed by atoms with Crippen LogP contribution in [0.1, 0.15) is 25.8 Å². The number of primary amides is 1. The number of thiol groups is 1. The Hall–Kier alpha value is -3.12. The zero-order chi connectivity index (χ0) is 25.1. The lowest BCUT2D eigenvalue weighted by atomic mass is 10.0. The zero-order valence-electron chi connectivity index (χ0n) is 18.5. The van der Waals surface area contributed by atoms with Gasteiger partial charge in [0.15, 0.2) is 0 Å². The maximum Gasteiger partial charge on any atom is 0.327 e. The van der Waals surface area contributed by atoms with E-state index in [9.17, 15) is 29.1 Å². The quantitative estimate of drug-likeness (QED) is 0.168. The van der Waals surface area contributed by atoms with Crippen molar-refractivity contribution in [2.24, 2.45) is 17.4 Å². The summed E-state index contributed by atoms with van der Waals surface area (Å²) in [4.78, 5) is 60.8. The highest BCUT2D eigenvalue weighted by atomic mass is 32.1. The first kappa shape index (κ1) is 27.9. The van der Waals surface area contributed by atoms with Gasteiger partial charge in [-0.2, -0.15) is 12.6 Å². The Bertz CT molecular complexity index is 851. The Balaban J connectivity index is 3.10. The predicted molar refractivity (Wildman–Crippen MR) is 124 cm³/mol. The lowest BCUT2D eigenvalue weighted by Gasteiger charge is -2.25. The van der Waals surface area contributed by atoms with Gasteiger partial charge in [0, 0.05) is 12.2 Å². The summed E-state index contributed by atoms with van der Waals surface area (Å²) >= 11 is 3.92. The fourth-order valence-electron chi connectivity index (χ4n) is 2.77. The SMILES string of the molecule is CC(C)C(N)C(=O)NC(CC(N)=O)C(=O)NC(Cc1ccccc1)C(=O)NC(CS)C(=O)O. The second-order valence-corrected chi connectivity index (χ2v) is 8.20. The molecule has 0 aliphatic rings. The number of nitrogens with one attached hydrogen (secondary N) is 3. The van der Waals surface area contributed by atoms with Gasteiger partial charge in [0.2, 0.25) is 23.6 Å². The van der Waals surface area contributed by atoms with E-state index in [1.54, 1.807) is 44.2 Å². The van der Waals surface area contributed by atoms with Crippen LogP contribution in [0, 0.1) is 5.92 Å². The molecule has 12 heteroatoms. The molecule has 0 saturated heterocycles. The maximum atomic E-state index is 12.9. The van der Waals surface area contributed by atoms with Gasteiger partial charge in [-0.05, 0) is 11.5 Å². The summed E-state index contributed by atoms with van der Waals surface area (Å²) < 4.78 is 0. The van der Waals surface area contributed by atoms with Crippen LogP contribution in [0.3, 0.4) is 0 Å². The lowest BCUT2D eigenvalue weighted by Crippen LogP contribution is -2.58. The van der Waals surface area contributed by atoms with Crippen molar-refractivity contribution < 1.29 is 29.1 Å². The second-order valence-electron chi connectivity index (χ2n) is 7.83. The lowest BCUT2D eigenvalue weighted by molar-refractivity contribution is -0.141. The molecule has 182 valence electrons. The van der Waals surface area contributed by atoms with E-state index in [4.69, 9.17) is 11.5 Å². The Morgan fingerprint density at radius 1 is 0.909 bits per heavy atom. The van der Waals surface area contributed by atoms with Crippen molar-refractivity contribution in [3.63, 3.8) is 0 Å². The molecule has 0 bridgehead atoms. The first-order chi connectivity index (χ1) is 15.5. The topological polar surface area (TPSA) is 194 Å². The smallest absolute Gasteiger partial charge is 0.327 e. The summed E-state index contributed by atoms with van der Waals surface area (Å²) in [6.07, 6.45) is -0.490. The Labute approximate surface area is 197 Å².